The van der Waals surface area contributed by atoms with Gasteiger partial charge in [-0.25, -0.2) is 0 Å². The lowest BCUT2D eigenvalue weighted by atomic mass is 9.95. The van der Waals surface area contributed by atoms with Crippen LogP contribution in [0.2, 0.25) is 0 Å². The Morgan fingerprint density at radius 2 is 1.94 bits per heavy atom. The molecule has 2 amide bonds. The first-order chi connectivity index (χ1) is 14.8. The molecule has 9 heteroatoms. The summed E-state index contributed by atoms with van der Waals surface area (Å²) in [5.74, 6) is -1.59. The van der Waals surface area contributed by atoms with Crippen molar-refractivity contribution < 1.29 is 24.2 Å². The number of ether oxygens (including phenoxy) is 1. The number of rotatable bonds is 10. The lowest BCUT2D eigenvalue weighted by molar-refractivity contribution is -0.129. The van der Waals surface area contributed by atoms with Gasteiger partial charge in [0.1, 0.15) is 5.75 Å². The van der Waals surface area contributed by atoms with Gasteiger partial charge in [-0.05, 0) is 56.2 Å². The molecule has 2 aromatic rings. The maximum absolute atomic E-state index is 13.1. The Labute approximate surface area is 184 Å². The minimum Gasteiger partial charge on any atom is -0.503 e. The first-order valence-corrected chi connectivity index (χ1v) is 10.7. The number of carbonyl (C=O) groups excluding carboxylic acids is 3. The molecule has 8 nitrogen and oxygen atoms in total. The summed E-state index contributed by atoms with van der Waals surface area (Å²) in [5.41, 5.74) is 5.84. The Hall–Kier alpha value is -3.17. The Morgan fingerprint density at radius 3 is 2.52 bits per heavy atom. The minimum atomic E-state index is -0.713. The number of benzene rings is 1. The van der Waals surface area contributed by atoms with Gasteiger partial charge in [-0.1, -0.05) is 18.2 Å². The second kappa shape index (κ2) is 9.76. The lowest BCUT2D eigenvalue weighted by Crippen LogP contribution is -2.33. The number of nitrogens with zero attached hydrogens (tertiary/aromatic N) is 2. The van der Waals surface area contributed by atoms with Crippen molar-refractivity contribution in [2.24, 2.45) is 5.73 Å². The third kappa shape index (κ3) is 5.12. The summed E-state index contributed by atoms with van der Waals surface area (Å²) < 4.78 is 5.29. The Kier molecular flexibility index (Phi) is 7.09. The number of aliphatic hydroxyl groups excluding tert-OH is 1. The van der Waals surface area contributed by atoms with Crippen LogP contribution in [0.15, 0.2) is 53.1 Å². The van der Waals surface area contributed by atoms with E-state index < -0.39 is 23.6 Å². The van der Waals surface area contributed by atoms with Crippen molar-refractivity contribution in [1.29, 1.82) is 0 Å². The molecule has 0 fully saturated rings. The molecule has 2 heterocycles. The molecular weight excluding hydrogens is 418 g/mol. The van der Waals surface area contributed by atoms with E-state index in [1.54, 1.807) is 41.8 Å². The summed E-state index contributed by atoms with van der Waals surface area (Å²) in [7, 11) is 3.88. The highest BCUT2D eigenvalue weighted by atomic mass is 32.1. The molecule has 1 aliphatic rings. The molecular formula is C22H25N3O5S. The highest BCUT2D eigenvalue weighted by molar-refractivity contribution is 7.12. The predicted octanol–water partition coefficient (Wildman–Crippen LogP) is 2.14. The van der Waals surface area contributed by atoms with E-state index >= 15 is 0 Å². The molecule has 164 valence electrons. The standard InChI is InChI=1S/C22H25N3O5S/c1-24(2)10-4-11-25-19(14-6-8-15(9-7-14)30-13-17(23)26)18(21(28)22(25)29)20(27)16-5-3-12-31-16/h3,5-9,12,19,28H,4,10-11,13H2,1-2H3,(H2,23,26)/t19-/m0/s1. The Balaban J connectivity index is 1.93. The van der Waals surface area contributed by atoms with Crippen LogP contribution in [0.5, 0.6) is 5.75 Å². The van der Waals surface area contributed by atoms with Crippen LogP contribution >= 0.6 is 11.3 Å². The quantitative estimate of drug-likeness (QED) is 0.544. The molecule has 0 unspecified atom stereocenters. The molecule has 3 N–H and O–H groups in total. The third-order valence-corrected chi connectivity index (χ3v) is 5.74. The number of carbonyl (C=O) groups is 3. The second-order valence-corrected chi connectivity index (χ2v) is 8.40. The van der Waals surface area contributed by atoms with Crippen LogP contribution in [0.4, 0.5) is 0 Å². The molecule has 0 saturated carbocycles. The molecule has 0 radical (unpaired) electrons. The zero-order chi connectivity index (χ0) is 22.5. The fourth-order valence-electron chi connectivity index (χ4n) is 3.46. The highest BCUT2D eigenvalue weighted by Crippen LogP contribution is 2.40. The van der Waals surface area contributed by atoms with Crippen LogP contribution in [-0.2, 0) is 9.59 Å². The Bertz CT molecular complexity index is 983. The maximum Gasteiger partial charge on any atom is 0.290 e. The number of thiophene rings is 1. The average molecular weight is 444 g/mol. The van der Waals surface area contributed by atoms with Crippen LogP contribution in [0.25, 0.3) is 0 Å². The van der Waals surface area contributed by atoms with Crippen molar-refractivity contribution in [2.45, 2.75) is 12.5 Å². The highest BCUT2D eigenvalue weighted by Gasteiger charge is 2.43. The predicted molar refractivity (Wildman–Crippen MR) is 117 cm³/mol. The molecule has 0 aliphatic carbocycles. The molecule has 31 heavy (non-hydrogen) atoms. The summed E-state index contributed by atoms with van der Waals surface area (Å²) in [6.45, 7) is 0.888. The number of hydrogen-bond donors (Lipinski definition) is 2. The summed E-state index contributed by atoms with van der Waals surface area (Å²) >= 11 is 1.26. The lowest BCUT2D eigenvalue weighted by Gasteiger charge is -2.27. The van der Waals surface area contributed by atoms with Crippen molar-refractivity contribution in [3.63, 3.8) is 0 Å². The van der Waals surface area contributed by atoms with E-state index in [1.165, 1.54) is 16.2 Å². The zero-order valence-electron chi connectivity index (χ0n) is 17.4. The van der Waals surface area contributed by atoms with Gasteiger partial charge in [0.05, 0.1) is 16.5 Å². The summed E-state index contributed by atoms with van der Waals surface area (Å²) in [5, 5.41) is 12.4. The maximum atomic E-state index is 13.1. The van der Waals surface area contributed by atoms with E-state index in [1.807, 2.05) is 19.0 Å². The van der Waals surface area contributed by atoms with Gasteiger partial charge in [0.25, 0.3) is 11.8 Å². The second-order valence-electron chi connectivity index (χ2n) is 7.45. The zero-order valence-corrected chi connectivity index (χ0v) is 18.2. The number of aliphatic hydroxyl groups is 1. The molecule has 3 rings (SSSR count). The van der Waals surface area contributed by atoms with Gasteiger partial charge < -0.3 is 25.4 Å². The number of Topliss-reactive ketones (excluding diaryl/α,β-unsaturated/α-hetero) is 1. The van der Waals surface area contributed by atoms with E-state index in [0.29, 0.717) is 29.2 Å². The van der Waals surface area contributed by atoms with Gasteiger partial charge in [-0.2, -0.15) is 0 Å². The van der Waals surface area contributed by atoms with Crippen LogP contribution in [0, 0.1) is 0 Å². The number of hydrogen-bond acceptors (Lipinski definition) is 7. The van der Waals surface area contributed by atoms with Gasteiger partial charge in [0, 0.05) is 6.54 Å². The molecule has 1 aromatic carbocycles. The number of amides is 2. The van der Waals surface area contributed by atoms with Crippen LogP contribution in [-0.4, -0.2) is 66.3 Å². The van der Waals surface area contributed by atoms with E-state index in [4.69, 9.17) is 10.5 Å². The largest absolute Gasteiger partial charge is 0.503 e. The topological polar surface area (TPSA) is 113 Å². The smallest absolute Gasteiger partial charge is 0.290 e. The molecule has 1 atom stereocenters. The number of ketones is 1. The van der Waals surface area contributed by atoms with E-state index in [-0.39, 0.29) is 18.0 Å². The van der Waals surface area contributed by atoms with E-state index in [9.17, 15) is 19.5 Å². The average Bonchev–Trinajstić information content (AvgIpc) is 3.35. The van der Waals surface area contributed by atoms with Crippen LogP contribution in [0.1, 0.15) is 27.7 Å². The van der Waals surface area contributed by atoms with Gasteiger partial charge >= 0.3 is 0 Å². The summed E-state index contributed by atoms with van der Waals surface area (Å²) in [6.07, 6.45) is 0.683. The molecule has 1 aliphatic heterocycles. The normalized spacial score (nSPS) is 16.3. The first-order valence-electron chi connectivity index (χ1n) is 9.77. The van der Waals surface area contributed by atoms with Crippen molar-refractivity contribution in [3.05, 3.63) is 63.6 Å². The fourth-order valence-corrected chi connectivity index (χ4v) is 4.14. The molecule has 0 spiro atoms. The Morgan fingerprint density at radius 1 is 1.23 bits per heavy atom. The monoisotopic (exact) mass is 443 g/mol. The minimum absolute atomic E-state index is 0.0723. The summed E-state index contributed by atoms with van der Waals surface area (Å²) in [4.78, 5) is 40.9. The molecule has 1 aromatic heterocycles. The molecule has 0 saturated heterocycles. The molecule has 0 bridgehead atoms. The van der Waals surface area contributed by atoms with Crippen molar-refractivity contribution in [3.8, 4) is 5.75 Å². The van der Waals surface area contributed by atoms with Gasteiger partial charge in [-0.15, -0.1) is 11.3 Å². The number of nitrogens with two attached hydrogens (primary N) is 1. The van der Waals surface area contributed by atoms with Gasteiger partial charge in [0.15, 0.2) is 12.4 Å². The van der Waals surface area contributed by atoms with Gasteiger partial charge in [0.2, 0.25) is 5.78 Å². The first kappa shape index (κ1) is 22.5. The summed E-state index contributed by atoms with van der Waals surface area (Å²) in [6, 6.07) is 9.42. The van der Waals surface area contributed by atoms with Crippen molar-refractivity contribution in [1.82, 2.24) is 9.80 Å². The van der Waals surface area contributed by atoms with Crippen LogP contribution < -0.4 is 10.5 Å². The number of primary amides is 1. The van der Waals surface area contributed by atoms with Crippen LogP contribution in [0.3, 0.4) is 0 Å². The van der Waals surface area contributed by atoms with E-state index in [2.05, 4.69) is 0 Å². The van der Waals surface area contributed by atoms with Crippen molar-refractivity contribution in [2.75, 3.05) is 33.8 Å². The fraction of sp³-hybridized carbons (Fsp3) is 0.318. The van der Waals surface area contributed by atoms with E-state index in [0.717, 1.165) is 6.54 Å². The SMILES string of the molecule is CN(C)CCCN1C(=O)C(O)=C(C(=O)c2cccs2)[C@@H]1c1ccc(OCC(N)=O)cc1. The van der Waals surface area contributed by atoms with Crippen molar-refractivity contribution >= 4 is 28.9 Å². The van der Waals surface area contributed by atoms with Gasteiger partial charge in [-0.3, -0.25) is 14.4 Å². The third-order valence-electron chi connectivity index (χ3n) is 4.87.